The van der Waals surface area contributed by atoms with Gasteiger partial charge < -0.3 is 0 Å². The summed E-state index contributed by atoms with van der Waals surface area (Å²) in [6.07, 6.45) is 5.87. The van der Waals surface area contributed by atoms with Gasteiger partial charge in [-0.05, 0) is 25.0 Å². The first-order valence-corrected chi connectivity index (χ1v) is 6.30. The second-order valence-electron chi connectivity index (χ2n) is 4.88. The molecule has 0 aromatic heterocycles. The molecule has 1 heterocycles. The molecule has 2 amide bonds. The van der Waals surface area contributed by atoms with E-state index < -0.39 is 0 Å². The van der Waals surface area contributed by atoms with Crippen molar-refractivity contribution in [3.05, 3.63) is 42.0 Å². The molecule has 1 aromatic carbocycles. The van der Waals surface area contributed by atoms with Crippen molar-refractivity contribution in [3.8, 4) is 0 Å². The van der Waals surface area contributed by atoms with Gasteiger partial charge in [0.15, 0.2) is 0 Å². The number of fused-ring (bicyclic) bond motifs is 1. The maximum absolute atomic E-state index is 12.3. The Morgan fingerprint density at radius 3 is 2.26 bits per heavy atom. The summed E-state index contributed by atoms with van der Waals surface area (Å²) in [7, 11) is 0. The Hall–Kier alpha value is -2.23. The first-order valence-electron chi connectivity index (χ1n) is 6.30. The van der Waals surface area contributed by atoms with Crippen LogP contribution >= 0.6 is 0 Å². The molecule has 2 atom stereocenters. The highest BCUT2D eigenvalue weighted by atomic mass is 16.2. The molecule has 96 valence electrons. The van der Waals surface area contributed by atoms with Crippen molar-refractivity contribution in [2.24, 2.45) is 11.8 Å². The quantitative estimate of drug-likeness (QED) is 0.461. The van der Waals surface area contributed by atoms with Crippen LogP contribution in [-0.4, -0.2) is 18.1 Å². The molecule has 4 heteroatoms. The van der Waals surface area contributed by atoms with Crippen molar-refractivity contribution in [3.63, 3.8) is 0 Å². The minimum absolute atomic E-state index is 0.151. The molecule has 1 aromatic rings. The van der Waals surface area contributed by atoms with E-state index in [0.29, 0.717) is 30.4 Å². The van der Waals surface area contributed by atoms with Crippen molar-refractivity contribution in [1.29, 1.82) is 0 Å². The summed E-state index contributed by atoms with van der Waals surface area (Å²) in [5.41, 5.74) is 0.958. The fraction of sp³-hybridized carbons (Fsp3) is 0.267. The molecule has 0 saturated carbocycles. The van der Waals surface area contributed by atoms with Crippen LogP contribution in [0.4, 0.5) is 5.69 Å². The molecule has 2 aliphatic rings. The third-order valence-corrected chi connectivity index (χ3v) is 3.77. The molecule has 1 aliphatic carbocycles. The van der Waals surface area contributed by atoms with Crippen molar-refractivity contribution in [1.82, 2.24) is 0 Å². The summed E-state index contributed by atoms with van der Waals surface area (Å²) in [6, 6.07) is 6.59. The molecule has 19 heavy (non-hydrogen) atoms. The molecule has 0 N–H and O–H groups in total. The van der Waals surface area contributed by atoms with Gasteiger partial charge in [-0.3, -0.25) is 19.3 Å². The van der Waals surface area contributed by atoms with Gasteiger partial charge in [-0.1, -0.05) is 24.3 Å². The van der Waals surface area contributed by atoms with E-state index >= 15 is 0 Å². The van der Waals surface area contributed by atoms with Crippen LogP contribution in [-0.2, 0) is 9.59 Å². The van der Waals surface area contributed by atoms with E-state index in [1.807, 2.05) is 12.2 Å². The second-order valence-corrected chi connectivity index (χ2v) is 4.88. The molecule has 4 nitrogen and oxygen atoms in total. The lowest BCUT2D eigenvalue weighted by atomic mass is 9.85. The number of hydrogen-bond donors (Lipinski definition) is 0. The number of benzene rings is 1. The number of amides is 2. The smallest absolute Gasteiger partial charge is 0.238 e. The van der Waals surface area contributed by atoms with Crippen LogP contribution in [0.15, 0.2) is 36.4 Å². The van der Waals surface area contributed by atoms with Gasteiger partial charge in [0.1, 0.15) is 6.29 Å². The van der Waals surface area contributed by atoms with Crippen molar-refractivity contribution < 1.29 is 14.4 Å². The summed E-state index contributed by atoms with van der Waals surface area (Å²) >= 11 is 0. The zero-order chi connectivity index (χ0) is 13.4. The average Bonchev–Trinajstić information content (AvgIpc) is 2.72. The Morgan fingerprint density at radius 2 is 1.68 bits per heavy atom. The minimum Gasteiger partial charge on any atom is -0.298 e. The predicted octanol–water partition coefficient (Wildman–Crippen LogP) is 1.95. The third kappa shape index (κ3) is 1.80. The molecular weight excluding hydrogens is 242 g/mol. The highest BCUT2D eigenvalue weighted by Gasteiger charge is 2.47. The molecule has 1 fully saturated rings. The van der Waals surface area contributed by atoms with E-state index in [1.54, 1.807) is 24.3 Å². The lowest BCUT2D eigenvalue weighted by Crippen LogP contribution is -2.30. The van der Waals surface area contributed by atoms with Crippen molar-refractivity contribution >= 4 is 23.8 Å². The molecule has 0 radical (unpaired) electrons. The lowest BCUT2D eigenvalue weighted by molar-refractivity contribution is -0.122. The van der Waals surface area contributed by atoms with E-state index in [9.17, 15) is 14.4 Å². The van der Waals surface area contributed by atoms with Crippen LogP contribution in [0, 0.1) is 11.8 Å². The number of carbonyl (C=O) groups excluding carboxylic acids is 3. The van der Waals surface area contributed by atoms with Gasteiger partial charge in [-0.25, -0.2) is 0 Å². The van der Waals surface area contributed by atoms with Gasteiger partial charge >= 0.3 is 0 Å². The Morgan fingerprint density at radius 1 is 1.05 bits per heavy atom. The highest BCUT2D eigenvalue weighted by Crippen LogP contribution is 2.37. The number of hydrogen-bond acceptors (Lipinski definition) is 3. The van der Waals surface area contributed by atoms with Gasteiger partial charge in [0.05, 0.1) is 17.5 Å². The number of carbonyl (C=O) groups is 3. The van der Waals surface area contributed by atoms with Crippen LogP contribution in [0.1, 0.15) is 23.2 Å². The van der Waals surface area contributed by atoms with Crippen molar-refractivity contribution in [2.45, 2.75) is 12.8 Å². The zero-order valence-corrected chi connectivity index (χ0v) is 10.3. The Kier molecular flexibility index (Phi) is 2.78. The van der Waals surface area contributed by atoms with Crippen molar-refractivity contribution in [2.75, 3.05) is 4.90 Å². The molecule has 1 aliphatic heterocycles. The summed E-state index contributed by atoms with van der Waals surface area (Å²) in [4.78, 5) is 36.7. The highest BCUT2D eigenvalue weighted by molar-refractivity contribution is 6.22. The molecular formula is C15H13NO3. The number of aldehydes is 1. The number of rotatable bonds is 2. The maximum Gasteiger partial charge on any atom is 0.238 e. The van der Waals surface area contributed by atoms with Gasteiger partial charge in [-0.15, -0.1) is 0 Å². The Labute approximate surface area is 110 Å². The molecule has 3 rings (SSSR count). The van der Waals surface area contributed by atoms with Gasteiger partial charge in [0.2, 0.25) is 11.8 Å². The Balaban J connectivity index is 1.99. The molecule has 0 unspecified atom stereocenters. The first kappa shape index (κ1) is 11.8. The van der Waals surface area contributed by atoms with Gasteiger partial charge in [0.25, 0.3) is 0 Å². The average molecular weight is 255 g/mol. The van der Waals surface area contributed by atoms with Crippen LogP contribution in [0.5, 0.6) is 0 Å². The second kappa shape index (κ2) is 4.46. The SMILES string of the molecule is O=Cc1cccc(N2C(=O)[C@H]3CC=CC[C@H]3C2=O)c1. The van der Waals surface area contributed by atoms with Crippen LogP contribution in [0.3, 0.4) is 0 Å². The van der Waals surface area contributed by atoms with Gasteiger partial charge in [-0.2, -0.15) is 0 Å². The number of nitrogens with zero attached hydrogens (tertiary/aromatic N) is 1. The van der Waals surface area contributed by atoms with Crippen LogP contribution in [0.2, 0.25) is 0 Å². The van der Waals surface area contributed by atoms with E-state index in [0.717, 1.165) is 0 Å². The van der Waals surface area contributed by atoms with Gasteiger partial charge in [0, 0.05) is 5.56 Å². The number of anilines is 1. The number of allylic oxidation sites excluding steroid dienone is 2. The van der Waals surface area contributed by atoms with E-state index in [-0.39, 0.29) is 23.7 Å². The zero-order valence-electron chi connectivity index (χ0n) is 10.3. The monoisotopic (exact) mass is 255 g/mol. The standard InChI is InChI=1S/C15H13NO3/c17-9-10-4-3-5-11(8-10)16-14(18)12-6-1-2-7-13(12)15(16)19/h1-5,8-9,12-13H,6-7H2/t12-,13+. The minimum atomic E-state index is -0.239. The van der Waals surface area contributed by atoms with E-state index in [2.05, 4.69) is 0 Å². The summed E-state index contributed by atoms with van der Waals surface area (Å²) in [5.74, 6) is -0.778. The van der Waals surface area contributed by atoms with E-state index in [4.69, 9.17) is 0 Å². The molecule has 1 saturated heterocycles. The Bertz CT molecular complexity index is 565. The third-order valence-electron chi connectivity index (χ3n) is 3.77. The normalized spacial score (nSPS) is 25.6. The summed E-state index contributed by atoms with van der Waals surface area (Å²) < 4.78 is 0. The topological polar surface area (TPSA) is 54.5 Å². The largest absolute Gasteiger partial charge is 0.298 e. The molecule has 0 bridgehead atoms. The van der Waals surface area contributed by atoms with E-state index in [1.165, 1.54) is 4.90 Å². The van der Waals surface area contributed by atoms with Crippen LogP contribution < -0.4 is 4.90 Å². The fourth-order valence-corrected chi connectivity index (χ4v) is 2.79. The first-order chi connectivity index (χ1) is 9.22. The fourth-order valence-electron chi connectivity index (χ4n) is 2.79. The predicted molar refractivity (Wildman–Crippen MR) is 69.7 cm³/mol. The summed E-state index contributed by atoms with van der Waals surface area (Å²) in [5, 5.41) is 0. The maximum atomic E-state index is 12.3. The number of imide groups is 1. The molecule has 0 spiro atoms. The van der Waals surface area contributed by atoms with Crippen LogP contribution in [0.25, 0.3) is 0 Å². The lowest BCUT2D eigenvalue weighted by Gasteiger charge is -2.14. The summed E-state index contributed by atoms with van der Waals surface area (Å²) in [6.45, 7) is 0.